The van der Waals surface area contributed by atoms with E-state index in [0.717, 1.165) is 24.9 Å². The molecule has 1 aromatic carbocycles. The van der Waals surface area contributed by atoms with E-state index >= 15 is 0 Å². The Labute approximate surface area is 110 Å². The smallest absolute Gasteiger partial charge is 0.317 e. The van der Waals surface area contributed by atoms with E-state index in [-0.39, 0.29) is 12.6 Å². The lowest BCUT2D eigenvalue weighted by atomic mass is 10.0. The van der Waals surface area contributed by atoms with Gasteiger partial charge in [-0.05, 0) is 37.1 Å². The zero-order chi connectivity index (χ0) is 12.4. The first-order valence-electron chi connectivity index (χ1n) is 5.48. The largest absolute Gasteiger partial charge is 0.480 e. The van der Waals surface area contributed by atoms with E-state index in [1.54, 1.807) is 6.07 Å². The minimum absolute atomic E-state index is 0.0743. The highest BCUT2D eigenvalue weighted by atomic mass is 35.5. The molecule has 1 saturated heterocycles. The molecule has 3 nitrogen and oxygen atoms in total. The number of carboxylic acids is 1. The Bertz CT molecular complexity index is 437. The van der Waals surface area contributed by atoms with E-state index in [4.69, 9.17) is 28.3 Å². The average Bonchev–Trinajstić information content (AvgIpc) is 2.69. The van der Waals surface area contributed by atoms with Crippen LogP contribution in [0.3, 0.4) is 0 Å². The van der Waals surface area contributed by atoms with E-state index in [2.05, 4.69) is 0 Å². The van der Waals surface area contributed by atoms with Crippen LogP contribution in [-0.4, -0.2) is 29.1 Å². The molecule has 1 N–H and O–H groups in total. The van der Waals surface area contributed by atoms with Gasteiger partial charge in [0.25, 0.3) is 0 Å². The topological polar surface area (TPSA) is 40.5 Å². The fourth-order valence-electron chi connectivity index (χ4n) is 2.29. The summed E-state index contributed by atoms with van der Waals surface area (Å²) in [5.74, 6) is -0.794. The third-order valence-electron chi connectivity index (χ3n) is 3.03. The van der Waals surface area contributed by atoms with Gasteiger partial charge < -0.3 is 5.11 Å². The molecule has 0 amide bonds. The fourth-order valence-corrected chi connectivity index (χ4v) is 2.59. The van der Waals surface area contributed by atoms with Gasteiger partial charge in [0.15, 0.2) is 0 Å². The standard InChI is InChI=1S/C12H13Cl2NO2/c13-9-4-3-8(6-10(9)14)11-2-1-5-15(11)7-12(16)17/h3-4,6,11H,1-2,5,7H2,(H,16,17)/t11-/m1/s1. The lowest BCUT2D eigenvalue weighted by Crippen LogP contribution is -2.29. The van der Waals surface area contributed by atoms with Crippen molar-refractivity contribution in [2.75, 3.05) is 13.1 Å². The Morgan fingerprint density at radius 2 is 2.18 bits per heavy atom. The Balaban J connectivity index is 2.20. The molecule has 1 heterocycles. The van der Waals surface area contributed by atoms with Gasteiger partial charge >= 0.3 is 5.97 Å². The van der Waals surface area contributed by atoms with Gasteiger partial charge in [-0.25, -0.2) is 0 Å². The molecule has 1 aliphatic rings. The van der Waals surface area contributed by atoms with Crippen molar-refractivity contribution in [1.29, 1.82) is 0 Å². The van der Waals surface area contributed by atoms with Crippen molar-refractivity contribution in [1.82, 2.24) is 4.90 Å². The second-order valence-electron chi connectivity index (χ2n) is 4.20. The minimum Gasteiger partial charge on any atom is -0.480 e. The van der Waals surface area contributed by atoms with Crippen LogP contribution >= 0.6 is 23.2 Å². The maximum Gasteiger partial charge on any atom is 0.317 e. The molecular weight excluding hydrogens is 261 g/mol. The SMILES string of the molecule is O=C(O)CN1CCC[C@@H]1c1ccc(Cl)c(Cl)c1. The zero-order valence-corrected chi connectivity index (χ0v) is 10.7. The van der Waals surface area contributed by atoms with E-state index in [9.17, 15) is 4.79 Å². The van der Waals surface area contributed by atoms with Crippen molar-refractivity contribution in [2.24, 2.45) is 0 Å². The Kier molecular flexibility index (Phi) is 3.92. The summed E-state index contributed by atoms with van der Waals surface area (Å²) in [6, 6.07) is 5.64. The molecule has 5 heteroatoms. The lowest BCUT2D eigenvalue weighted by molar-refractivity contribution is -0.138. The predicted molar refractivity (Wildman–Crippen MR) is 67.6 cm³/mol. The summed E-state index contributed by atoms with van der Waals surface area (Å²) in [7, 11) is 0. The summed E-state index contributed by atoms with van der Waals surface area (Å²) >= 11 is 11.8. The number of carbonyl (C=O) groups is 1. The highest BCUT2D eigenvalue weighted by molar-refractivity contribution is 6.42. The van der Waals surface area contributed by atoms with Gasteiger partial charge in [0.1, 0.15) is 0 Å². The predicted octanol–water partition coefficient (Wildman–Crippen LogP) is 3.21. The van der Waals surface area contributed by atoms with Crippen molar-refractivity contribution in [3.8, 4) is 0 Å². The maximum atomic E-state index is 10.8. The average molecular weight is 274 g/mol. The van der Waals surface area contributed by atoms with Crippen molar-refractivity contribution in [2.45, 2.75) is 18.9 Å². The first kappa shape index (κ1) is 12.7. The fraction of sp³-hybridized carbons (Fsp3) is 0.417. The molecule has 1 aliphatic heterocycles. The van der Waals surface area contributed by atoms with Crippen LogP contribution < -0.4 is 0 Å². The number of nitrogens with zero attached hydrogens (tertiary/aromatic N) is 1. The van der Waals surface area contributed by atoms with E-state index in [1.807, 2.05) is 17.0 Å². The van der Waals surface area contributed by atoms with Gasteiger partial charge in [0, 0.05) is 6.04 Å². The number of benzene rings is 1. The molecule has 1 atom stereocenters. The summed E-state index contributed by atoms with van der Waals surface area (Å²) in [6.07, 6.45) is 1.98. The van der Waals surface area contributed by atoms with Crippen molar-refractivity contribution >= 4 is 29.2 Å². The molecule has 0 bridgehead atoms. The molecule has 92 valence electrons. The number of hydrogen-bond donors (Lipinski definition) is 1. The summed E-state index contributed by atoms with van der Waals surface area (Å²) in [5.41, 5.74) is 1.04. The summed E-state index contributed by atoms with van der Waals surface area (Å²) in [6.45, 7) is 0.891. The van der Waals surface area contributed by atoms with Crippen LogP contribution in [0.4, 0.5) is 0 Å². The molecule has 0 spiro atoms. The first-order valence-corrected chi connectivity index (χ1v) is 6.24. The number of halogens is 2. The van der Waals surface area contributed by atoms with Crippen LogP contribution in [0, 0.1) is 0 Å². The number of rotatable bonds is 3. The van der Waals surface area contributed by atoms with E-state index in [1.165, 1.54) is 0 Å². The molecule has 0 unspecified atom stereocenters. The van der Waals surface area contributed by atoms with Crippen molar-refractivity contribution in [3.63, 3.8) is 0 Å². The van der Waals surface area contributed by atoms with Crippen molar-refractivity contribution < 1.29 is 9.90 Å². The summed E-state index contributed by atoms with van der Waals surface area (Å²) in [4.78, 5) is 12.7. The normalized spacial score (nSPS) is 20.7. The number of likely N-dealkylation sites (tertiary alicyclic amines) is 1. The van der Waals surface area contributed by atoms with E-state index in [0.29, 0.717) is 10.0 Å². The third-order valence-corrected chi connectivity index (χ3v) is 3.77. The first-order chi connectivity index (χ1) is 8.08. The van der Waals surface area contributed by atoms with Gasteiger partial charge in [-0.3, -0.25) is 9.69 Å². The van der Waals surface area contributed by atoms with Gasteiger partial charge in [-0.15, -0.1) is 0 Å². The third kappa shape index (κ3) is 2.92. The summed E-state index contributed by atoms with van der Waals surface area (Å²) < 4.78 is 0. The Hall–Kier alpha value is -0.770. The second-order valence-corrected chi connectivity index (χ2v) is 5.01. The van der Waals surface area contributed by atoms with Gasteiger partial charge in [-0.2, -0.15) is 0 Å². The monoisotopic (exact) mass is 273 g/mol. The molecule has 0 saturated carbocycles. The van der Waals surface area contributed by atoms with Crippen LogP contribution in [-0.2, 0) is 4.79 Å². The minimum atomic E-state index is -0.794. The van der Waals surface area contributed by atoms with Gasteiger partial charge in [0.05, 0.1) is 16.6 Å². The van der Waals surface area contributed by atoms with Crippen LogP contribution in [0.2, 0.25) is 10.0 Å². The molecule has 17 heavy (non-hydrogen) atoms. The molecule has 2 rings (SSSR count). The zero-order valence-electron chi connectivity index (χ0n) is 9.20. The lowest BCUT2D eigenvalue weighted by Gasteiger charge is -2.23. The van der Waals surface area contributed by atoms with Crippen LogP contribution in [0.25, 0.3) is 0 Å². The highest BCUT2D eigenvalue weighted by Gasteiger charge is 2.27. The summed E-state index contributed by atoms with van der Waals surface area (Å²) in [5, 5.41) is 9.89. The Morgan fingerprint density at radius 3 is 2.82 bits per heavy atom. The van der Waals surface area contributed by atoms with Gasteiger partial charge in [0.2, 0.25) is 0 Å². The molecule has 1 aromatic rings. The Morgan fingerprint density at radius 1 is 1.41 bits per heavy atom. The highest BCUT2D eigenvalue weighted by Crippen LogP contribution is 2.34. The number of hydrogen-bond acceptors (Lipinski definition) is 2. The van der Waals surface area contributed by atoms with Crippen molar-refractivity contribution in [3.05, 3.63) is 33.8 Å². The van der Waals surface area contributed by atoms with Gasteiger partial charge in [-0.1, -0.05) is 29.3 Å². The van der Waals surface area contributed by atoms with Crippen LogP contribution in [0.5, 0.6) is 0 Å². The second kappa shape index (κ2) is 5.25. The number of carboxylic acid groups (broad SMARTS) is 1. The van der Waals surface area contributed by atoms with Crippen LogP contribution in [0.1, 0.15) is 24.4 Å². The van der Waals surface area contributed by atoms with Crippen LogP contribution in [0.15, 0.2) is 18.2 Å². The molecule has 0 aromatic heterocycles. The molecule has 0 radical (unpaired) electrons. The molecular formula is C12H13Cl2NO2. The molecule has 0 aliphatic carbocycles. The quantitative estimate of drug-likeness (QED) is 0.920. The maximum absolute atomic E-state index is 10.8. The van der Waals surface area contributed by atoms with E-state index < -0.39 is 5.97 Å². The molecule has 1 fully saturated rings. The number of aliphatic carboxylic acids is 1.